The minimum atomic E-state index is -0.524. The number of amides is 2. The van der Waals surface area contributed by atoms with Crippen LogP contribution in [-0.2, 0) is 9.53 Å². The van der Waals surface area contributed by atoms with Crippen LogP contribution in [0.25, 0.3) is 0 Å². The predicted molar refractivity (Wildman–Crippen MR) is 86.5 cm³/mol. The van der Waals surface area contributed by atoms with E-state index in [4.69, 9.17) is 10.5 Å². The summed E-state index contributed by atoms with van der Waals surface area (Å²) in [7, 11) is 0. The molecule has 0 aliphatic carbocycles. The zero-order valence-corrected chi connectivity index (χ0v) is 14.6. The zero-order valence-electron chi connectivity index (χ0n) is 14.6. The average Bonchev–Trinajstić information content (AvgIpc) is 2.41. The third-order valence-electron chi connectivity index (χ3n) is 3.78. The molecule has 1 rings (SSSR count). The highest BCUT2D eigenvalue weighted by Crippen LogP contribution is 2.20. The molecule has 1 saturated heterocycles. The Bertz CT molecular complexity index is 391. The molecule has 22 heavy (non-hydrogen) atoms. The van der Waals surface area contributed by atoms with Gasteiger partial charge in [-0.15, -0.1) is 0 Å². The monoisotopic (exact) mass is 313 g/mol. The molecule has 1 aliphatic rings. The molecule has 128 valence electrons. The van der Waals surface area contributed by atoms with Gasteiger partial charge in [0.2, 0.25) is 5.91 Å². The average molecular weight is 313 g/mol. The standard InChI is InChI=1S/C16H31N3O3/c1-12(2)19(15(21)22-16(3,4)5)11-13-8-6-7-9-18(13)14(20)10-17/h12-13H,6-11,17H2,1-5H3/t13-/m0/s1. The van der Waals surface area contributed by atoms with Crippen LogP contribution in [-0.4, -0.2) is 59.1 Å². The molecule has 0 unspecified atom stereocenters. The van der Waals surface area contributed by atoms with Crippen LogP contribution >= 0.6 is 0 Å². The van der Waals surface area contributed by atoms with Crippen LogP contribution in [0.4, 0.5) is 4.79 Å². The van der Waals surface area contributed by atoms with Crippen molar-refractivity contribution in [3.05, 3.63) is 0 Å². The fourth-order valence-electron chi connectivity index (χ4n) is 2.68. The SMILES string of the molecule is CC(C)N(C[C@@H]1CCCCN1C(=O)CN)C(=O)OC(C)(C)C. The van der Waals surface area contributed by atoms with Gasteiger partial charge in [-0.25, -0.2) is 4.79 Å². The number of hydrogen-bond donors (Lipinski definition) is 1. The highest BCUT2D eigenvalue weighted by atomic mass is 16.6. The normalized spacial score (nSPS) is 19.2. The van der Waals surface area contributed by atoms with Crippen LogP contribution in [0.15, 0.2) is 0 Å². The van der Waals surface area contributed by atoms with Gasteiger partial charge in [0.25, 0.3) is 0 Å². The van der Waals surface area contributed by atoms with Crippen LogP contribution in [0.1, 0.15) is 53.9 Å². The van der Waals surface area contributed by atoms with Crippen molar-refractivity contribution in [3.63, 3.8) is 0 Å². The molecule has 1 aliphatic heterocycles. The summed E-state index contributed by atoms with van der Waals surface area (Å²) in [6.07, 6.45) is 2.64. The summed E-state index contributed by atoms with van der Waals surface area (Å²) in [5.74, 6) is -0.0439. The maximum absolute atomic E-state index is 12.4. The van der Waals surface area contributed by atoms with E-state index in [1.165, 1.54) is 0 Å². The Hall–Kier alpha value is -1.30. The lowest BCUT2D eigenvalue weighted by atomic mass is 10.0. The number of carbonyl (C=O) groups is 2. The van der Waals surface area contributed by atoms with Gasteiger partial charge in [0.1, 0.15) is 5.60 Å². The summed E-state index contributed by atoms with van der Waals surface area (Å²) in [6.45, 7) is 10.7. The van der Waals surface area contributed by atoms with Crippen LogP contribution in [0, 0.1) is 0 Å². The number of rotatable bonds is 4. The smallest absolute Gasteiger partial charge is 0.410 e. The van der Waals surface area contributed by atoms with E-state index in [2.05, 4.69) is 0 Å². The lowest BCUT2D eigenvalue weighted by Gasteiger charge is -2.40. The van der Waals surface area contributed by atoms with Crippen molar-refractivity contribution in [3.8, 4) is 0 Å². The predicted octanol–water partition coefficient (Wildman–Crippen LogP) is 1.97. The maximum Gasteiger partial charge on any atom is 0.410 e. The molecule has 0 saturated carbocycles. The summed E-state index contributed by atoms with van der Waals surface area (Å²) in [5, 5.41) is 0. The van der Waals surface area contributed by atoms with Crippen LogP contribution in [0.5, 0.6) is 0 Å². The number of nitrogens with zero attached hydrogens (tertiary/aromatic N) is 2. The first kappa shape index (κ1) is 18.7. The van der Waals surface area contributed by atoms with Crippen molar-refractivity contribution in [2.24, 2.45) is 5.73 Å². The summed E-state index contributed by atoms with van der Waals surface area (Å²) in [5.41, 5.74) is 4.98. The molecule has 0 spiro atoms. The van der Waals surface area contributed by atoms with Crippen molar-refractivity contribution in [2.45, 2.75) is 71.6 Å². The Balaban J connectivity index is 2.80. The number of carbonyl (C=O) groups excluding carboxylic acids is 2. The molecule has 0 aromatic rings. The van der Waals surface area contributed by atoms with Crippen molar-refractivity contribution in [2.75, 3.05) is 19.6 Å². The van der Waals surface area contributed by atoms with E-state index in [0.717, 1.165) is 25.8 Å². The summed E-state index contributed by atoms with van der Waals surface area (Å²) >= 11 is 0. The first-order valence-electron chi connectivity index (χ1n) is 8.15. The lowest BCUT2D eigenvalue weighted by molar-refractivity contribution is -0.133. The largest absolute Gasteiger partial charge is 0.444 e. The molecule has 2 amide bonds. The second-order valence-electron chi connectivity index (χ2n) is 7.17. The van der Waals surface area contributed by atoms with Gasteiger partial charge >= 0.3 is 6.09 Å². The van der Waals surface area contributed by atoms with Gasteiger partial charge in [0, 0.05) is 25.2 Å². The number of ether oxygens (including phenoxy) is 1. The third kappa shape index (κ3) is 5.48. The Labute approximate surface area is 134 Å². The Morgan fingerprint density at radius 3 is 2.45 bits per heavy atom. The fourth-order valence-corrected chi connectivity index (χ4v) is 2.68. The van der Waals surface area contributed by atoms with E-state index in [9.17, 15) is 9.59 Å². The van der Waals surface area contributed by atoms with Crippen LogP contribution in [0.3, 0.4) is 0 Å². The van der Waals surface area contributed by atoms with E-state index in [-0.39, 0.29) is 30.6 Å². The first-order valence-corrected chi connectivity index (χ1v) is 8.15. The summed E-state index contributed by atoms with van der Waals surface area (Å²) in [6, 6.07) is 0.0475. The lowest BCUT2D eigenvalue weighted by Crippen LogP contribution is -2.54. The molecule has 0 aromatic carbocycles. The first-order chi connectivity index (χ1) is 10.2. The van der Waals surface area contributed by atoms with E-state index in [0.29, 0.717) is 6.54 Å². The minimum absolute atomic E-state index is 0.0185. The molecule has 2 N–H and O–H groups in total. The van der Waals surface area contributed by atoms with E-state index < -0.39 is 5.60 Å². The van der Waals surface area contributed by atoms with E-state index in [1.54, 1.807) is 4.90 Å². The fraction of sp³-hybridized carbons (Fsp3) is 0.875. The minimum Gasteiger partial charge on any atom is -0.444 e. The zero-order chi connectivity index (χ0) is 16.9. The van der Waals surface area contributed by atoms with Gasteiger partial charge in [-0.2, -0.15) is 0 Å². The molecule has 0 bridgehead atoms. The van der Waals surface area contributed by atoms with Gasteiger partial charge < -0.3 is 20.3 Å². The molecule has 1 heterocycles. The van der Waals surface area contributed by atoms with E-state index >= 15 is 0 Å². The molecule has 0 aromatic heterocycles. The van der Waals surface area contributed by atoms with Gasteiger partial charge in [0.15, 0.2) is 0 Å². The molecule has 1 atom stereocenters. The van der Waals surface area contributed by atoms with Crippen molar-refractivity contribution < 1.29 is 14.3 Å². The second-order valence-corrected chi connectivity index (χ2v) is 7.17. The van der Waals surface area contributed by atoms with Crippen molar-refractivity contribution in [1.82, 2.24) is 9.80 Å². The molecular formula is C16H31N3O3. The number of likely N-dealkylation sites (tertiary alicyclic amines) is 1. The van der Waals surface area contributed by atoms with Gasteiger partial charge in [0.05, 0.1) is 6.54 Å². The van der Waals surface area contributed by atoms with Gasteiger partial charge in [-0.1, -0.05) is 0 Å². The second kappa shape index (κ2) is 7.81. The quantitative estimate of drug-likeness (QED) is 0.861. The Kier molecular flexibility index (Phi) is 6.66. The highest BCUT2D eigenvalue weighted by molar-refractivity contribution is 5.78. The molecule has 6 nitrogen and oxygen atoms in total. The molecular weight excluding hydrogens is 282 g/mol. The Morgan fingerprint density at radius 2 is 1.95 bits per heavy atom. The van der Waals surface area contributed by atoms with Crippen LogP contribution < -0.4 is 5.73 Å². The number of nitrogens with two attached hydrogens (primary N) is 1. The van der Waals surface area contributed by atoms with Crippen molar-refractivity contribution in [1.29, 1.82) is 0 Å². The Morgan fingerprint density at radius 1 is 1.32 bits per heavy atom. The third-order valence-corrected chi connectivity index (χ3v) is 3.78. The van der Waals surface area contributed by atoms with Gasteiger partial charge in [-0.05, 0) is 53.9 Å². The topological polar surface area (TPSA) is 75.9 Å². The highest BCUT2D eigenvalue weighted by Gasteiger charge is 2.31. The number of piperidine rings is 1. The molecule has 6 heteroatoms. The summed E-state index contributed by atoms with van der Waals surface area (Å²) in [4.78, 5) is 27.9. The molecule has 0 radical (unpaired) electrons. The van der Waals surface area contributed by atoms with Gasteiger partial charge in [-0.3, -0.25) is 4.79 Å². The maximum atomic E-state index is 12.4. The molecule has 1 fully saturated rings. The van der Waals surface area contributed by atoms with E-state index in [1.807, 2.05) is 39.5 Å². The summed E-state index contributed by atoms with van der Waals surface area (Å²) < 4.78 is 5.48. The van der Waals surface area contributed by atoms with Crippen molar-refractivity contribution >= 4 is 12.0 Å². The van der Waals surface area contributed by atoms with Crippen LogP contribution in [0.2, 0.25) is 0 Å². The number of hydrogen-bond acceptors (Lipinski definition) is 4.